The maximum atomic E-state index is 11.8. The summed E-state index contributed by atoms with van der Waals surface area (Å²) < 4.78 is 10.3. The molecule has 0 saturated heterocycles. The summed E-state index contributed by atoms with van der Waals surface area (Å²) in [5, 5.41) is 2.68. The smallest absolute Gasteiger partial charge is 0.292 e. The molecular formula is C13H15N3O3. The Bertz CT molecular complexity index is 561. The molecule has 0 saturated carbocycles. The minimum absolute atomic E-state index is 0.0363. The summed E-state index contributed by atoms with van der Waals surface area (Å²) in [6.45, 7) is 3.90. The van der Waals surface area contributed by atoms with Crippen LogP contribution in [0.15, 0.2) is 34.9 Å². The molecule has 1 amide bonds. The molecule has 6 nitrogen and oxygen atoms in total. The quantitative estimate of drug-likeness (QED) is 0.881. The van der Waals surface area contributed by atoms with Crippen molar-refractivity contribution in [2.75, 3.05) is 11.1 Å². The molecule has 0 bridgehead atoms. The number of nitrogens with zero attached hydrogens (tertiary/aromatic N) is 1. The first-order valence-electron chi connectivity index (χ1n) is 5.83. The second-order valence-corrected chi connectivity index (χ2v) is 4.22. The predicted molar refractivity (Wildman–Crippen MR) is 71.1 cm³/mol. The Kier molecular flexibility index (Phi) is 3.70. The van der Waals surface area contributed by atoms with Gasteiger partial charge in [0.05, 0.1) is 6.10 Å². The highest BCUT2D eigenvalue weighted by atomic mass is 16.5. The highest BCUT2D eigenvalue weighted by Gasteiger charge is 2.11. The van der Waals surface area contributed by atoms with Crippen molar-refractivity contribution in [3.8, 4) is 5.75 Å². The lowest BCUT2D eigenvalue weighted by atomic mass is 10.3. The van der Waals surface area contributed by atoms with Gasteiger partial charge in [-0.3, -0.25) is 4.79 Å². The van der Waals surface area contributed by atoms with Gasteiger partial charge in [-0.15, -0.1) is 0 Å². The molecule has 2 rings (SSSR count). The van der Waals surface area contributed by atoms with Crippen molar-refractivity contribution in [1.82, 2.24) is 4.98 Å². The molecule has 0 spiro atoms. The SMILES string of the molecule is CC(C)Oc1ccc(NC(=O)c2coc(N)n2)cc1. The number of anilines is 2. The third kappa shape index (κ3) is 3.48. The van der Waals surface area contributed by atoms with Crippen LogP contribution in [-0.4, -0.2) is 17.0 Å². The van der Waals surface area contributed by atoms with Crippen LogP contribution in [0.5, 0.6) is 5.75 Å². The summed E-state index contributed by atoms with van der Waals surface area (Å²) in [5.41, 5.74) is 6.08. The van der Waals surface area contributed by atoms with Crippen molar-refractivity contribution in [2.24, 2.45) is 0 Å². The van der Waals surface area contributed by atoms with E-state index in [0.717, 1.165) is 5.75 Å². The molecule has 19 heavy (non-hydrogen) atoms. The number of ether oxygens (including phenoxy) is 1. The Morgan fingerprint density at radius 2 is 2.05 bits per heavy atom. The summed E-state index contributed by atoms with van der Waals surface area (Å²) >= 11 is 0. The Morgan fingerprint density at radius 3 is 2.58 bits per heavy atom. The largest absolute Gasteiger partial charge is 0.491 e. The van der Waals surface area contributed by atoms with E-state index in [0.29, 0.717) is 5.69 Å². The number of hydrogen-bond acceptors (Lipinski definition) is 5. The van der Waals surface area contributed by atoms with Crippen LogP contribution in [-0.2, 0) is 0 Å². The lowest BCUT2D eigenvalue weighted by Crippen LogP contribution is -2.12. The van der Waals surface area contributed by atoms with E-state index in [1.54, 1.807) is 24.3 Å². The van der Waals surface area contributed by atoms with Gasteiger partial charge in [-0.25, -0.2) is 0 Å². The summed E-state index contributed by atoms with van der Waals surface area (Å²) in [4.78, 5) is 15.5. The molecule has 0 fully saturated rings. The number of carbonyl (C=O) groups excluding carboxylic acids is 1. The van der Waals surface area contributed by atoms with Gasteiger partial charge < -0.3 is 20.2 Å². The topological polar surface area (TPSA) is 90.4 Å². The highest BCUT2D eigenvalue weighted by Crippen LogP contribution is 2.17. The fourth-order valence-electron chi connectivity index (χ4n) is 1.48. The molecule has 100 valence electrons. The third-order valence-corrected chi connectivity index (χ3v) is 2.24. The molecule has 3 N–H and O–H groups in total. The van der Waals surface area contributed by atoms with Gasteiger partial charge in [0.1, 0.15) is 12.0 Å². The maximum absolute atomic E-state index is 11.8. The highest BCUT2D eigenvalue weighted by molar-refractivity contribution is 6.02. The molecule has 6 heteroatoms. The molecule has 0 aliphatic rings. The Morgan fingerprint density at radius 1 is 1.37 bits per heavy atom. The lowest BCUT2D eigenvalue weighted by molar-refractivity contribution is 0.102. The Balaban J connectivity index is 2.01. The number of hydrogen-bond donors (Lipinski definition) is 2. The normalized spacial score (nSPS) is 10.5. The number of benzene rings is 1. The molecule has 0 aliphatic heterocycles. The van der Waals surface area contributed by atoms with Gasteiger partial charge >= 0.3 is 0 Å². The molecule has 1 aromatic carbocycles. The number of amides is 1. The average molecular weight is 261 g/mol. The minimum Gasteiger partial charge on any atom is -0.491 e. The van der Waals surface area contributed by atoms with E-state index in [1.807, 2.05) is 13.8 Å². The van der Waals surface area contributed by atoms with Crippen LogP contribution in [0.2, 0.25) is 0 Å². The molecule has 0 radical (unpaired) electrons. The number of nitrogens with two attached hydrogens (primary N) is 1. The van der Waals surface area contributed by atoms with Gasteiger partial charge in [0.15, 0.2) is 5.69 Å². The average Bonchev–Trinajstić information content (AvgIpc) is 2.78. The Labute approximate surface area is 110 Å². The van der Waals surface area contributed by atoms with Crippen LogP contribution in [0.3, 0.4) is 0 Å². The van der Waals surface area contributed by atoms with Gasteiger partial charge in [-0.2, -0.15) is 4.98 Å². The molecule has 0 aliphatic carbocycles. The van der Waals surface area contributed by atoms with Crippen molar-refractivity contribution < 1.29 is 13.9 Å². The number of carbonyl (C=O) groups is 1. The van der Waals surface area contributed by atoms with Gasteiger partial charge in [0.25, 0.3) is 11.9 Å². The standard InChI is InChI=1S/C13H15N3O3/c1-8(2)19-10-5-3-9(4-6-10)15-12(17)11-7-18-13(14)16-11/h3-8H,1-2H3,(H2,14,16)(H,15,17). The lowest BCUT2D eigenvalue weighted by Gasteiger charge is -2.10. The van der Waals surface area contributed by atoms with Crippen LogP contribution < -0.4 is 15.8 Å². The van der Waals surface area contributed by atoms with Crippen molar-refractivity contribution >= 4 is 17.6 Å². The zero-order valence-corrected chi connectivity index (χ0v) is 10.7. The number of nitrogen functional groups attached to an aromatic ring is 1. The van der Waals surface area contributed by atoms with Crippen LogP contribution in [0.25, 0.3) is 0 Å². The summed E-state index contributed by atoms with van der Waals surface area (Å²) in [7, 11) is 0. The van der Waals surface area contributed by atoms with Crippen molar-refractivity contribution in [3.63, 3.8) is 0 Å². The fourth-order valence-corrected chi connectivity index (χ4v) is 1.48. The molecule has 1 aromatic heterocycles. The van der Waals surface area contributed by atoms with E-state index in [9.17, 15) is 4.79 Å². The molecule has 0 atom stereocenters. The number of oxazole rings is 1. The number of rotatable bonds is 4. The van der Waals surface area contributed by atoms with E-state index < -0.39 is 0 Å². The van der Waals surface area contributed by atoms with Gasteiger partial charge in [-0.05, 0) is 38.1 Å². The van der Waals surface area contributed by atoms with Crippen molar-refractivity contribution in [3.05, 3.63) is 36.2 Å². The van der Waals surface area contributed by atoms with Crippen molar-refractivity contribution in [2.45, 2.75) is 20.0 Å². The molecule has 1 heterocycles. The first kappa shape index (κ1) is 12.9. The number of nitrogens with one attached hydrogen (secondary N) is 1. The first-order chi connectivity index (χ1) is 9.04. The first-order valence-corrected chi connectivity index (χ1v) is 5.83. The summed E-state index contributed by atoms with van der Waals surface area (Å²) in [5.74, 6) is 0.372. The van der Waals surface area contributed by atoms with E-state index in [1.165, 1.54) is 6.26 Å². The number of aromatic nitrogens is 1. The van der Waals surface area contributed by atoms with Crippen LogP contribution >= 0.6 is 0 Å². The van der Waals surface area contributed by atoms with E-state index in [4.69, 9.17) is 14.9 Å². The van der Waals surface area contributed by atoms with Crippen molar-refractivity contribution in [1.29, 1.82) is 0 Å². The van der Waals surface area contributed by atoms with E-state index in [-0.39, 0.29) is 23.7 Å². The third-order valence-electron chi connectivity index (χ3n) is 2.24. The second-order valence-electron chi connectivity index (χ2n) is 4.22. The van der Waals surface area contributed by atoms with Crippen LogP contribution in [0.4, 0.5) is 11.7 Å². The van der Waals surface area contributed by atoms with Crippen LogP contribution in [0.1, 0.15) is 24.3 Å². The zero-order valence-electron chi connectivity index (χ0n) is 10.7. The summed E-state index contributed by atoms with van der Waals surface area (Å²) in [6.07, 6.45) is 1.32. The van der Waals surface area contributed by atoms with Gasteiger partial charge in [0.2, 0.25) is 0 Å². The monoisotopic (exact) mass is 261 g/mol. The fraction of sp³-hybridized carbons (Fsp3) is 0.231. The maximum Gasteiger partial charge on any atom is 0.292 e. The predicted octanol–water partition coefficient (Wildman–Crippen LogP) is 2.30. The molecule has 0 unspecified atom stereocenters. The Hall–Kier alpha value is -2.50. The zero-order chi connectivity index (χ0) is 13.8. The summed E-state index contributed by atoms with van der Waals surface area (Å²) in [6, 6.07) is 7.03. The van der Waals surface area contributed by atoms with Gasteiger partial charge in [-0.1, -0.05) is 0 Å². The van der Waals surface area contributed by atoms with E-state index in [2.05, 4.69) is 10.3 Å². The molecular weight excluding hydrogens is 246 g/mol. The van der Waals surface area contributed by atoms with Crippen LogP contribution in [0, 0.1) is 0 Å². The molecule has 2 aromatic rings. The second kappa shape index (κ2) is 5.43. The minimum atomic E-state index is -0.377. The van der Waals surface area contributed by atoms with E-state index >= 15 is 0 Å². The van der Waals surface area contributed by atoms with Gasteiger partial charge in [0, 0.05) is 5.69 Å².